The average molecular weight is 332 g/mol. The van der Waals surface area contributed by atoms with Gasteiger partial charge in [-0.3, -0.25) is 9.59 Å². The number of carbonyl (C=O) groups is 2. The second-order valence-electron chi connectivity index (χ2n) is 6.46. The van der Waals surface area contributed by atoms with Crippen molar-refractivity contribution in [3.8, 4) is 0 Å². The van der Waals surface area contributed by atoms with Crippen LogP contribution in [0.1, 0.15) is 39.5 Å². The van der Waals surface area contributed by atoms with Crippen molar-refractivity contribution < 1.29 is 23.1 Å². The van der Waals surface area contributed by atoms with Crippen molar-refractivity contribution in [1.29, 1.82) is 0 Å². The smallest absolute Gasteiger partial charge is 0.311 e. The van der Waals surface area contributed by atoms with Crippen LogP contribution in [0.4, 0.5) is 0 Å². The van der Waals surface area contributed by atoms with Crippen LogP contribution in [-0.2, 0) is 19.6 Å². The normalized spacial score (nSPS) is 29.9. The lowest BCUT2D eigenvalue weighted by Crippen LogP contribution is -2.48. The molecule has 2 fully saturated rings. The second-order valence-corrected chi connectivity index (χ2v) is 8.50. The molecule has 2 unspecified atom stereocenters. The van der Waals surface area contributed by atoms with Crippen LogP contribution >= 0.6 is 0 Å². The van der Waals surface area contributed by atoms with Crippen molar-refractivity contribution in [3.63, 3.8) is 0 Å². The van der Waals surface area contributed by atoms with Gasteiger partial charge in [-0.1, -0.05) is 6.92 Å². The van der Waals surface area contributed by atoms with Crippen LogP contribution in [0.25, 0.3) is 0 Å². The van der Waals surface area contributed by atoms with E-state index in [1.807, 2.05) is 0 Å². The largest absolute Gasteiger partial charge is 0.481 e. The molecule has 1 amide bonds. The van der Waals surface area contributed by atoms with Gasteiger partial charge in [-0.15, -0.1) is 0 Å². The summed E-state index contributed by atoms with van der Waals surface area (Å²) in [7, 11) is -3.41. The Bertz CT molecular complexity index is 562. The van der Waals surface area contributed by atoms with Gasteiger partial charge in [0.1, 0.15) is 6.04 Å². The van der Waals surface area contributed by atoms with Gasteiger partial charge in [0, 0.05) is 19.6 Å². The lowest BCUT2D eigenvalue weighted by atomic mass is 9.90. The molecule has 2 aliphatic heterocycles. The van der Waals surface area contributed by atoms with E-state index in [1.165, 1.54) is 9.21 Å². The highest BCUT2D eigenvalue weighted by atomic mass is 32.2. The maximum absolute atomic E-state index is 12.6. The predicted molar refractivity (Wildman–Crippen MR) is 80.7 cm³/mol. The number of hydrogen-bond acceptors (Lipinski definition) is 4. The molecular weight excluding hydrogens is 308 g/mol. The van der Waals surface area contributed by atoms with Gasteiger partial charge in [0.25, 0.3) is 0 Å². The topological polar surface area (TPSA) is 95.0 Å². The Balaban J connectivity index is 2.11. The minimum Gasteiger partial charge on any atom is -0.481 e. The number of rotatable bonds is 5. The maximum Gasteiger partial charge on any atom is 0.311 e. The number of carboxylic acids is 1. The number of carboxylic acid groups (broad SMARTS) is 1. The fraction of sp³-hybridized carbons (Fsp3) is 0.857. The number of likely N-dealkylation sites (tertiary alicyclic amines) is 1. The first-order valence-electron chi connectivity index (χ1n) is 7.73. The highest BCUT2D eigenvalue weighted by molar-refractivity contribution is 7.89. The molecule has 2 aliphatic rings. The summed E-state index contributed by atoms with van der Waals surface area (Å²) >= 11 is 0. The quantitative estimate of drug-likeness (QED) is 0.792. The van der Waals surface area contributed by atoms with Crippen LogP contribution in [0.3, 0.4) is 0 Å². The zero-order chi connectivity index (χ0) is 16.5. The van der Waals surface area contributed by atoms with Crippen molar-refractivity contribution in [2.45, 2.75) is 45.6 Å². The summed E-state index contributed by atoms with van der Waals surface area (Å²) in [5.41, 5.74) is -0.929. The molecule has 8 heteroatoms. The zero-order valence-corrected chi connectivity index (χ0v) is 13.9. The van der Waals surface area contributed by atoms with Gasteiger partial charge < -0.3 is 10.0 Å². The number of sulfonamides is 1. The van der Waals surface area contributed by atoms with E-state index in [0.29, 0.717) is 38.8 Å². The standard InChI is InChI=1S/C14H24N2O5S/c1-3-9-22(20,21)16-7-4-5-11(16)12(17)15-8-6-14(2,10-15)13(18)19/h11H,3-10H2,1-2H3,(H,18,19). The Morgan fingerprint density at radius 1 is 1.32 bits per heavy atom. The van der Waals surface area contributed by atoms with Crippen LogP contribution in [0, 0.1) is 5.41 Å². The molecular formula is C14H24N2O5S. The number of amides is 1. The minimum absolute atomic E-state index is 0.0453. The van der Waals surface area contributed by atoms with E-state index >= 15 is 0 Å². The third-order valence-electron chi connectivity index (χ3n) is 4.61. The fourth-order valence-corrected chi connectivity index (χ4v) is 4.97. The molecule has 0 aromatic heterocycles. The van der Waals surface area contributed by atoms with E-state index in [4.69, 9.17) is 0 Å². The molecule has 0 spiro atoms. The van der Waals surface area contributed by atoms with Crippen LogP contribution in [-0.4, -0.2) is 66.0 Å². The van der Waals surface area contributed by atoms with Crippen molar-refractivity contribution in [1.82, 2.24) is 9.21 Å². The first-order valence-corrected chi connectivity index (χ1v) is 9.34. The highest BCUT2D eigenvalue weighted by Crippen LogP contribution is 2.32. The molecule has 22 heavy (non-hydrogen) atoms. The van der Waals surface area contributed by atoms with E-state index in [0.717, 1.165) is 0 Å². The molecule has 2 heterocycles. The van der Waals surface area contributed by atoms with Crippen LogP contribution in [0.2, 0.25) is 0 Å². The summed E-state index contributed by atoms with van der Waals surface area (Å²) in [5.74, 6) is -1.12. The van der Waals surface area contributed by atoms with Crippen LogP contribution < -0.4 is 0 Å². The SMILES string of the molecule is CCCS(=O)(=O)N1CCCC1C(=O)N1CCC(C)(C(=O)O)C1. The van der Waals surface area contributed by atoms with Crippen LogP contribution in [0.15, 0.2) is 0 Å². The summed E-state index contributed by atoms with van der Waals surface area (Å²) in [5, 5.41) is 9.24. The Hall–Kier alpha value is -1.15. The van der Waals surface area contributed by atoms with Crippen LogP contribution in [0.5, 0.6) is 0 Å². The molecule has 0 aliphatic carbocycles. The first kappa shape index (κ1) is 17.2. The molecule has 0 radical (unpaired) electrons. The zero-order valence-electron chi connectivity index (χ0n) is 13.1. The molecule has 2 saturated heterocycles. The lowest BCUT2D eigenvalue weighted by molar-refractivity contribution is -0.147. The summed E-state index contributed by atoms with van der Waals surface area (Å²) in [4.78, 5) is 25.4. The van der Waals surface area contributed by atoms with Crippen molar-refractivity contribution in [3.05, 3.63) is 0 Å². The van der Waals surface area contributed by atoms with Gasteiger partial charge in [-0.2, -0.15) is 4.31 Å². The van der Waals surface area contributed by atoms with E-state index in [-0.39, 0.29) is 18.2 Å². The predicted octanol–water partition coefficient (Wildman–Crippen LogP) is 0.514. The summed E-state index contributed by atoms with van der Waals surface area (Å²) in [6.45, 7) is 4.33. The Morgan fingerprint density at radius 2 is 2.00 bits per heavy atom. The second kappa shape index (κ2) is 6.16. The summed E-state index contributed by atoms with van der Waals surface area (Å²) in [6, 6.07) is -0.660. The van der Waals surface area contributed by atoms with E-state index in [9.17, 15) is 23.1 Å². The van der Waals surface area contributed by atoms with Gasteiger partial charge in [0.15, 0.2) is 0 Å². The summed E-state index contributed by atoms with van der Waals surface area (Å²) < 4.78 is 25.8. The third kappa shape index (κ3) is 3.12. The number of hydrogen-bond donors (Lipinski definition) is 1. The highest BCUT2D eigenvalue weighted by Gasteiger charge is 2.46. The maximum atomic E-state index is 12.6. The molecule has 0 saturated carbocycles. The monoisotopic (exact) mass is 332 g/mol. The van der Waals surface area contributed by atoms with E-state index < -0.39 is 27.4 Å². The number of aliphatic carboxylic acids is 1. The van der Waals surface area contributed by atoms with E-state index in [1.54, 1.807) is 13.8 Å². The Labute approximate surface area is 131 Å². The Kier molecular flexibility index (Phi) is 4.81. The van der Waals surface area contributed by atoms with Gasteiger partial charge >= 0.3 is 5.97 Å². The molecule has 126 valence electrons. The first-order chi connectivity index (χ1) is 10.2. The lowest BCUT2D eigenvalue weighted by Gasteiger charge is -2.28. The third-order valence-corrected chi connectivity index (χ3v) is 6.69. The molecule has 0 aromatic carbocycles. The van der Waals surface area contributed by atoms with Crippen molar-refractivity contribution in [2.75, 3.05) is 25.4 Å². The summed E-state index contributed by atoms with van der Waals surface area (Å²) in [6.07, 6.45) is 2.11. The number of carbonyl (C=O) groups excluding carboxylic acids is 1. The molecule has 1 N–H and O–H groups in total. The minimum atomic E-state index is -3.41. The molecule has 0 aromatic rings. The Morgan fingerprint density at radius 3 is 2.55 bits per heavy atom. The molecule has 7 nitrogen and oxygen atoms in total. The molecule has 2 rings (SSSR count). The fourth-order valence-electron chi connectivity index (χ4n) is 3.23. The average Bonchev–Trinajstić information content (AvgIpc) is 3.05. The molecule has 2 atom stereocenters. The van der Waals surface area contributed by atoms with Crippen molar-refractivity contribution >= 4 is 21.9 Å². The molecule has 0 bridgehead atoms. The van der Waals surface area contributed by atoms with Crippen molar-refractivity contribution in [2.24, 2.45) is 5.41 Å². The van der Waals surface area contributed by atoms with Gasteiger partial charge in [0.05, 0.1) is 11.2 Å². The van der Waals surface area contributed by atoms with Gasteiger partial charge in [-0.25, -0.2) is 8.42 Å². The van der Waals surface area contributed by atoms with Gasteiger partial charge in [-0.05, 0) is 32.6 Å². The van der Waals surface area contributed by atoms with Gasteiger partial charge in [0.2, 0.25) is 15.9 Å². The number of nitrogens with zero attached hydrogens (tertiary/aromatic N) is 2. The van der Waals surface area contributed by atoms with E-state index in [2.05, 4.69) is 0 Å².